The van der Waals surface area contributed by atoms with Crippen LogP contribution >= 0.6 is 0 Å². The van der Waals surface area contributed by atoms with Crippen LogP contribution < -0.4 is 10.3 Å². The monoisotopic (exact) mass is 345 g/mol. The Morgan fingerprint density at radius 2 is 1.79 bits per heavy atom. The minimum Gasteiger partial charge on any atom is -0.475 e. The first kappa shape index (κ1) is 19.6. The summed E-state index contributed by atoms with van der Waals surface area (Å²) >= 11 is 0. The van der Waals surface area contributed by atoms with Gasteiger partial charge in [-0.1, -0.05) is 12.1 Å². The molecule has 0 amide bonds. The minimum absolute atomic E-state index is 0.106. The zero-order chi connectivity index (χ0) is 18.3. The van der Waals surface area contributed by atoms with E-state index in [1.165, 1.54) is 4.68 Å². The fraction of sp³-hybridized carbons (Fsp3) is 0.400. The first-order valence-electron chi connectivity index (χ1n) is 6.92. The van der Waals surface area contributed by atoms with Crippen LogP contribution in [0.2, 0.25) is 0 Å². The third-order valence-electron chi connectivity index (χ3n) is 2.83. The van der Waals surface area contributed by atoms with Gasteiger partial charge in [0.1, 0.15) is 6.61 Å². The van der Waals surface area contributed by atoms with Crippen molar-refractivity contribution in [3.05, 3.63) is 34.6 Å². The molecule has 0 radical (unpaired) electrons. The van der Waals surface area contributed by atoms with Crippen molar-refractivity contribution in [3.8, 4) is 5.88 Å². The third kappa shape index (κ3) is 5.99. The number of aryl methyl sites for hydroxylation is 1. The Labute approximate surface area is 136 Å². The zero-order valence-electron chi connectivity index (χ0n) is 13.5. The molecule has 0 aliphatic carbocycles. The molecule has 0 saturated heterocycles. The maximum Gasteiger partial charge on any atom is 0.446 e. The van der Waals surface area contributed by atoms with Crippen molar-refractivity contribution in [1.82, 2.24) is 14.7 Å². The van der Waals surface area contributed by atoms with Crippen LogP contribution in [0.5, 0.6) is 5.88 Å². The van der Waals surface area contributed by atoms with Gasteiger partial charge in [-0.05, 0) is 26.2 Å². The van der Waals surface area contributed by atoms with Gasteiger partial charge in [-0.25, -0.2) is 4.68 Å². The average Bonchev–Trinajstić information content (AvgIpc) is 2.52. The second kappa shape index (κ2) is 8.44. The third-order valence-corrected chi connectivity index (χ3v) is 2.83. The molecule has 0 unspecified atom stereocenters. The molecule has 2 aromatic rings. The van der Waals surface area contributed by atoms with Crippen molar-refractivity contribution in [3.63, 3.8) is 0 Å². The molecule has 1 heterocycles. The Morgan fingerprint density at radius 1 is 1.25 bits per heavy atom. The number of hydrogen-bond acceptors (Lipinski definition) is 5. The quantitative estimate of drug-likeness (QED) is 0.788. The lowest BCUT2D eigenvalue weighted by molar-refractivity contribution is -0.156. The molecule has 0 spiro atoms. The van der Waals surface area contributed by atoms with Crippen molar-refractivity contribution in [2.75, 3.05) is 27.2 Å². The van der Waals surface area contributed by atoms with E-state index in [0.29, 0.717) is 17.9 Å². The van der Waals surface area contributed by atoms with Crippen LogP contribution in [-0.4, -0.2) is 54.4 Å². The lowest BCUT2D eigenvalue weighted by Crippen LogP contribution is -2.23. The Morgan fingerprint density at radius 3 is 2.29 bits per heavy atom. The van der Waals surface area contributed by atoms with E-state index in [9.17, 15) is 18.0 Å². The van der Waals surface area contributed by atoms with Crippen molar-refractivity contribution in [2.45, 2.75) is 6.18 Å². The maximum absolute atomic E-state index is 11.9. The molecule has 24 heavy (non-hydrogen) atoms. The molecule has 1 aromatic heterocycles. The second-order valence-electron chi connectivity index (χ2n) is 5.09. The maximum atomic E-state index is 11.9. The lowest BCUT2D eigenvalue weighted by Gasteiger charge is -2.12. The topological polar surface area (TPSA) is 64.4 Å². The predicted molar refractivity (Wildman–Crippen MR) is 83.2 cm³/mol. The summed E-state index contributed by atoms with van der Waals surface area (Å²) in [5, 5.41) is 5.56. The van der Waals surface area contributed by atoms with E-state index in [-0.39, 0.29) is 5.56 Å². The van der Waals surface area contributed by atoms with Gasteiger partial charge in [0, 0.05) is 13.6 Å². The highest BCUT2D eigenvalue weighted by Crippen LogP contribution is 2.19. The Hall–Kier alpha value is -2.42. The van der Waals surface area contributed by atoms with Gasteiger partial charge in [-0.2, -0.15) is 13.2 Å². The Balaban J connectivity index is 0.000000413. The molecule has 1 aromatic carbocycles. The molecule has 6 nitrogen and oxygen atoms in total. The fourth-order valence-corrected chi connectivity index (χ4v) is 1.70. The molecule has 0 aliphatic heterocycles. The molecule has 0 aliphatic rings. The smallest absolute Gasteiger partial charge is 0.446 e. The molecule has 9 heteroatoms. The first-order chi connectivity index (χ1) is 11.2. The molecule has 0 bridgehead atoms. The van der Waals surface area contributed by atoms with Crippen LogP contribution in [0, 0.1) is 0 Å². The number of carbonyl (C=O) groups excluding carboxylic acids is 1. The Kier molecular flexibility index (Phi) is 6.90. The number of carbonyl (C=O) groups is 1. The molecule has 0 saturated carbocycles. The molecule has 2 rings (SSSR count). The Bertz CT molecular complexity index is 742. The van der Waals surface area contributed by atoms with E-state index in [1.54, 1.807) is 13.1 Å². The standard InChI is InChI=1S/C13H17N3O2.C2HF3O/c1-15(2)8-9-18-12-10-6-4-5-7-11(10)13(17)16(3)14-12;3-2(4,5)1-6/h4-7H,8-9H2,1-3H3;1H. The van der Waals surface area contributed by atoms with Crippen LogP contribution in [0.25, 0.3) is 10.8 Å². The second-order valence-corrected chi connectivity index (χ2v) is 5.09. The van der Waals surface area contributed by atoms with E-state index in [2.05, 4.69) is 5.10 Å². The molecule has 0 atom stereocenters. The number of benzene rings is 1. The number of fused-ring (bicyclic) bond motifs is 1. The molecular formula is C15H18F3N3O3. The van der Waals surface area contributed by atoms with Crippen molar-refractivity contribution in [2.24, 2.45) is 7.05 Å². The minimum atomic E-state index is -4.64. The predicted octanol–water partition coefficient (Wildman–Crippen LogP) is 1.62. The van der Waals surface area contributed by atoms with E-state index in [1.807, 2.05) is 37.2 Å². The van der Waals surface area contributed by atoms with Gasteiger partial charge in [0.2, 0.25) is 12.2 Å². The largest absolute Gasteiger partial charge is 0.475 e. The number of likely N-dealkylation sites (N-methyl/N-ethyl adjacent to an activating group) is 1. The fourth-order valence-electron chi connectivity index (χ4n) is 1.70. The summed E-state index contributed by atoms with van der Waals surface area (Å²) in [4.78, 5) is 22.6. The summed E-state index contributed by atoms with van der Waals surface area (Å²) in [6.07, 6.45) is -5.70. The number of ether oxygens (including phenoxy) is 1. The summed E-state index contributed by atoms with van der Waals surface area (Å²) in [6.45, 7) is 1.35. The van der Waals surface area contributed by atoms with E-state index < -0.39 is 12.5 Å². The highest BCUT2D eigenvalue weighted by atomic mass is 19.4. The summed E-state index contributed by atoms with van der Waals surface area (Å²) < 4.78 is 38.2. The van der Waals surface area contributed by atoms with Gasteiger partial charge in [0.05, 0.1) is 10.8 Å². The number of halogens is 3. The van der Waals surface area contributed by atoms with Crippen LogP contribution in [0.1, 0.15) is 0 Å². The summed E-state index contributed by atoms with van der Waals surface area (Å²) in [7, 11) is 5.60. The highest BCUT2D eigenvalue weighted by Gasteiger charge is 2.24. The normalized spacial score (nSPS) is 11.1. The van der Waals surface area contributed by atoms with Crippen LogP contribution in [0.3, 0.4) is 0 Å². The highest BCUT2D eigenvalue weighted by molar-refractivity contribution is 5.85. The van der Waals surface area contributed by atoms with E-state index in [4.69, 9.17) is 9.53 Å². The van der Waals surface area contributed by atoms with Crippen LogP contribution in [0.4, 0.5) is 13.2 Å². The van der Waals surface area contributed by atoms with Gasteiger partial charge in [0.15, 0.2) is 0 Å². The number of nitrogens with zero attached hydrogens (tertiary/aromatic N) is 3. The summed E-state index contributed by atoms with van der Waals surface area (Å²) in [5.41, 5.74) is -0.106. The number of aromatic nitrogens is 2. The van der Waals surface area contributed by atoms with E-state index >= 15 is 0 Å². The number of alkyl halides is 3. The number of rotatable bonds is 4. The van der Waals surface area contributed by atoms with Crippen molar-refractivity contribution >= 4 is 17.1 Å². The number of hydrogen-bond donors (Lipinski definition) is 0. The number of aldehydes is 1. The van der Waals surface area contributed by atoms with Gasteiger partial charge < -0.3 is 9.64 Å². The van der Waals surface area contributed by atoms with Crippen molar-refractivity contribution < 1.29 is 22.7 Å². The summed E-state index contributed by atoms with van der Waals surface area (Å²) in [5.74, 6) is 0.509. The van der Waals surface area contributed by atoms with Gasteiger partial charge >= 0.3 is 6.18 Å². The van der Waals surface area contributed by atoms with Crippen LogP contribution in [-0.2, 0) is 11.8 Å². The SMILES string of the molecule is CN(C)CCOc1nn(C)c(=O)c2ccccc12.O=CC(F)(F)F. The first-order valence-corrected chi connectivity index (χ1v) is 6.92. The van der Waals surface area contributed by atoms with Crippen LogP contribution in [0.15, 0.2) is 29.1 Å². The zero-order valence-corrected chi connectivity index (χ0v) is 13.5. The average molecular weight is 345 g/mol. The molecular weight excluding hydrogens is 327 g/mol. The molecule has 0 fully saturated rings. The van der Waals surface area contributed by atoms with Gasteiger partial charge in [0.25, 0.3) is 5.56 Å². The van der Waals surface area contributed by atoms with Crippen molar-refractivity contribution in [1.29, 1.82) is 0 Å². The molecule has 132 valence electrons. The van der Waals surface area contributed by atoms with E-state index in [0.717, 1.165) is 11.9 Å². The molecule has 0 N–H and O–H groups in total. The lowest BCUT2D eigenvalue weighted by atomic mass is 10.2. The van der Waals surface area contributed by atoms with Gasteiger partial charge in [-0.3, -0.25) is 9.59 Å². The van der Waals surface area contributed by atoms with Gasteiger partial charge in [-0.15, -0.1) is 5.10 Å². The summed E-state index contributed by atoms with van der Waals surface area (Å²) in [6, 6.07) is 7.36.